The summed E-state index contributed by atoms with van der Waals surface area (Å²) in [5.41, 5.74) is 7.86. The number of aromatic amines is 1. The fourth-order valence-corrected chi connectivity index (χ4v) is 4.37. The standard InChI is InChI=1S/C27H28N6O2/c1-35-18-21-8-6-16-33(21)32-27(34)23-9-2-3-10-24(23)29-20-11-13-22-25(30-31-26(22)17-20)14-12-19-7-4-5-15-28-19/h2-5,7,9-15,17,21,29H,6,8,16,18H2,1H3,(H,30,31)(H,32,34)/b14-12+/t21-/m0/s1. The molecule has 4 aromatic rings. The number of amides is 1. The van der Waals surface area contributed by atoms with Crippen LogP contribution in [0.15, 0.2) is 66.9 Å². The maximum atomic E-state index is 13.1. The first-order chi connectivity index (χ1) is 17.2. The molecule has 0 aliphatic carbocycles. The Morgan fingerprint density at radius 3 is 2.91 bits per heavy atom. The molecule has 2 aromatic carbocycles. The number of aromatic nitrogens is 3. The average Bonchev–Trinajstić information content (AvgIpc) is 3.50. The van der Waals surface area contributed by atoms with Gasteiger partial charge in [0.25, 0.3) is 5.91 Å². The lowest BCUT2D eigenvalue weighted by Gasteiger charge is -2.25. The van der Waals surface area contributed by atoms with Gasteiger partial charge in [0.05, 0.1) is 40.8 Å². The predicted octanol–water partition coefficient (Wildman–Crippen LogP) is 4.63. The second kappa shape index (κ2) is 10.5. The van der Waals surface area contributed by atoms with Gasteiger partial charge in [0.15, 0.2) is 0 Å². The van der Waals surface area contributed by atoms with Gasteiger partial charge in [0.2, 0.25) is 0 Å². The van der Waals surface area contributed by atoms with Gasteiger partial charge < -0.3 is 10.1 Å². The van der Waals surface area contributed by atoms with Crippen molar-refractivity contribution in [3.63, 3.8) is 0 Å². The summed E-state index contributed by atoms with van der Waals surface area (Å²) in [5.74, 6) is -0.138. The first-order valence-electron chi connectivity index (χ1n) is 11.7. The van der Waals surface area contributed by atoms with E-state index in [2.05, 4.69) is 25.9 Å². The van der Waals surface area contributed by atoms with Gasteiger partial charge in [-0.2, -0.15) is 5.10 Å². The Hall–Kier alpha value is -4.01. The number of ether oxygens (including phenoxy) is 1. The van der Waals surface area contributed by atoms with Gasteiger partial charge >= 0.3 is 0 Å². The number of H-pyrrole nitrogens is 1. The number of carbonyl (C=O) groups is 1. The van der Waals surface area contributed by atoms with E-state index in [0.29, 0.717) is 12.2 Å². The Labute approximate surface area is 204 Å². The first-order valence-corrected chi connectivity index (χ1v) is 11.7. The molecule has 1 aliphatic rings. The third-order valence-electron chi connectivity index (χ3n) is 6.12. The number of fused-ring (bicyclic) bond motifs is 1. The second-order valence-corrected chi connectivity index (χ2v) is 8.51. The average molecular weight is 469 g/mol. The number of hydrogen-bond acceptors (Lipinski definition) is 6. The van der Waals surface area contributed by atoms with Crippen LogP contribution in [0.5, 0.6) is 0 Å². The zero-order valence-corrected chi connectivity index (χ0v) is 19.6. The Kier molecular flexibility index (Phi) is 6.83. The van der Waals surface area contributed by atoms with Crippen molar-refractivity contribution < 1.29 is 9.53 Å². The van der Waals surface area contributed by atoms with Crippen LogP contribution in [0.25, 0.3) is 23.1 Å². The summed E-state index contributed by atoms with van der Waals surface area (Å²) in [6, 6.07) is 19.5. The van der Waals surface area contributed by atoms with E-state index in [9.17, 15) is 4.79 Å². The number of para-hydroxylation sites is 1. The smallest absolute Gasteiger partial charge is 0.267 e. The van der Waals surface area contributed by atoms with E-state index in [-0.39, 0.29) is 11.9 Å². The molecule has 3 N–H and O–H groups in total. The van der Waals surface area contributed by atoms with Gasteiger partial charge in [-0.3, -0.25) is 20.3 Å². The Morgan fingerprint density at radius 2 is 2.06 bits per heavy atom. The van der Waals surface area contributed by atoms with Crippen LogP contribution in [-0.2, 0) is 4.74 Å². The van der Waals surface area contributed by atoms with Crippen LogP contribution < -0.4 is 10.7 Å². The molecule has 8 heteroatoms. The fraction of sp³-hybridized carbons (Fsp3) is 0.222. The van der Waals surface area contributed by atoms with Crippen LogP contribution in [0.2, 0.25) is 0 Å². The predicted molar refractivity (Wildman–Crippen MR) is 138 cm³/mol. The molecule has 35 heavy (non-hydrogen) atoms. The van der Waals surface area contributed by atoms with Crippen molar-refractivity contribution in [2.24, 2.45) is 0 Å². The van der Waals surface area contributed by atoms with E-state index >= 15 is 0 Å². The van der Waals surface area contributed by atoms with Crippen LogP contribution in [0.1, 0.15) is 34.6 Å². The zero-order valence-electron chi connectivity index (χ0n) is 19.6. The Bertz CT molecular complexity index is 1330. The summed E-state index contributed by atoms with van der Waals surface area (Å²) < 4.78 is 5.30. The number of methoxy groups -OCH3 is 1. The highest BCUT2D eigenvalue weighted by atomic mass is 16.5. The minimum atomic E-state index is -0.138. The molecular formula is C27H28N6O2. The van der Waals surface area contributed by atoms with Crippen molar-refractivity contribution in [3.8, 4) is 0 Å². The van der Waals surface area contributed by atoms with Crippen molar-refractivity contribution >= 4 is 40.3 Å². The number of pyridine rings is 1. The molecule has 5 rings (SSSR count). The molecule has 2 aromatic heterocycles. The molecule has 0 spiro atoms. The van der Waals surface area contributed by atoms with E-state index < -0.39 is 0 Å². The lowest BCUT2D eigenvalue weighted by Crippen LogP contribution is -2.46. The minimum absolute atomic E-state index is 0.138. The number of nitrogens with zero attached hydrogens (tertiary/aromatic N) is 3. The number of carbonyl (C=O) groups excluding carboxylic acids is 1. The zero-order chi connectivity index (χ0) is 24.0. The summed E-state index contributed by atoms with van der Waals surface area (Å²) in [5, 5.41) is 13.9. The second-order valence-electron chi connectivity index (χ2n) is 8.51. The molecule has 0 radical (unpaired) electrons. The largest absolute Gasteiger partial charge is 0.383 e. The van der Waals surface area contributed by atoms with Crippen molar-refractivity contribution in [2.45, 2.75) is 18.9 Å². The van der Waals surface area contributed by atoms with Crippen molar-refractivity contribution in [1.29, 1.82) is 0 Å². The van der Waals surface area contributed by atoms with Gasteiger partial charge in [0, 0.05) is 30.9 Å². The van der Waals surface area contributed by atoms with Crippen LogP contribution >= 0.6 is 0 Å². The number of nitrogens with one attached hydrogen (secondary N) is 3. The molecule has 1 fully saturated rings. The summed E-state index contributed by atoms with van der Waals surface area (Å²) in [4.78, 5) is 17.4. The van der Waals surface area contributed by atoms with Crippen LogP contribution in [0, 0.1) is 0 Å². The first kappa shape index (κ1) is 22.8. The Morgan fingerprint density at radius 1 is 1.17 bits per heavy atom. The van der Waals surface area contributed by atoms with E-state index in [1.54, 1.807) is 13.3 Å². The molecule has 1 atom stereocenters. The molecule has 0 saturated carbocycles. The molecular weight excluding hydrogens is 440 g/mol. The number of benzene rings is 2. The van der Waals surface area contributed by atoms with Crippen LogP contribution in [0.3, 0.4) is 0 Å². The fourth-order valence-electron chi connectivity index (χ4n) is 4.37. The number of hydrazine groups is 1. The SMILES string of the molecule is COC[C@@H]1CCCN1NC(=O)c1ccccc1Nc1ccc2c(/C=C/c3ccccn3)n[nH]c2c1. The number of anilines is 2. The van der Waals surface area contributed by atoms with E-state index in [0.717, 1.165) is 53.1 Å². The van der Waals surface area contributed by atoms with Crippen molar-refractivity contribution in [3.05, 3.63) is 83.8 Å². The van der Waals surface area contributed by atoms with Gasteiger partial charge in [-0.25, -0.2) is 5.01 Å². The summed E-state index contributed by atoms with van der Waals surface area (Å²) in [6.07, 6.45) is 7.70. The third kappa shape index (κ3) is 5.24. The molecule has 178 valence electrons. The summed E-state index contributed by atoms with van der Waals surface area (Å²) in [7, 11) is 1.69. The number of rotatable bonds is 8. The molecule has 0 bridgehead atoms. The molecule has 1 aliphatic heterocycles. The highest BCUT2D eigenvalue weighted by Gasteiger charge is 2.26. The van der Waals surface area contributed by atoms with E-state index in [4.69, 9.17) is 4.74 Å². The third-order valence-corrected chi connectivity index (χ3v) is 6.12. The normalized spacial score (nSPS) is 16.2. The highest BCUT2D eigenvalue weighted by Crippen LogP contribution is 2.26. The maximum Gasteiger partial charge on any atom is 0.267 e. The molecule has 3 heterocycles. The maximum absolute atomic E-state index is 13.1. The van der Waals surface area contributed by atoms with E-state index in [1.165, 1.54) is 0 Å². The van der Waals surface area contributed by atoms with Crippen LogP contribution in [0.4, 0.5) is 11.4 Å². The van der Waals surface area contributed by atoms with Crippen molar-refractivity contribution in [1.82, 2.24) is 25.6 Å². The Balaban J connectivity index is 1.32. The monoisotopic (exact) mass is 468 g/mol. The lowest BCUT2D eigenvalue weighted by molar-refractivity contribution is 0.0612. The minimum Gasteiger partial charge on any atom is -0.383 e. The summed E-state index contributed by atoms with van der Waals surface area (Å²) >= 11 is 0. The highest BCUT2D eigenvalue weighted by molar-refractivity contribution is 6.00. The lowest BCUT2D eigenvalue weighted by atomic mass is 10.1. The molecule has 0 unspecified atom stereocenters. The van der Waals surface area contributed by atoms with Gasteiger partial charge in [-0.1, -0.05) is 18.2 Å². The van der Waals surface area contributed by atoms with Crippen LogP contribution in [-0.4, -0.2) is 52.4 Å². The summed E-state index contributed by atoms with van der Waals surface area (Å²) in [6.45, 7) is 1.42. The van der Waals surface area contributed by atoms with Gasteiger partial charge in [-0.15, -0.1) is 0 Å². The number of hydrogen-bond donors (Lipinski definition) is 3. The molecule has 1 amide bonds. The van der Waals surface area contributed by atoms with Gasteiger partial charge in [-0.05, 0) is 67.5 Å². The van der Waals surface area contributed by atoms with Gasteiger partial charge in [0.1, 0.15) is 0 Å². The quantitative estimate of drug-likeness (QED) is 0.349. The molecule has 8 nitrogen and oxygen atoms in total. The van der Waals surface area contributed by atoms with Crippen molar-refractivity contribution in [2.75, 3.05) is 25.6 Å². The van der Waals surface area contributed by atoms with E-state index in [1.807, 2.05) is 77.8 Å². The molecule has 1 saturated heterocycles. The topological polar surface area (TPSA) is 95.2 Å².